The molecule has 1 rings (SSSR count). The summed E-state index contributed by atoms with van der Waals surface area (Å²) in [6, 6.07) is 0. The first kappa shape index (κ1) is 12.5. The van der Waals surface area contributed by atoms with Crippen LogP contribution in [0.4, 0.5) is 0 Å². The SMILES string of the molecule is CCCNC(=O)C(C)(C)C1CCCNC1. The molecular formula is C12H24N2O. The molecule has 1 amide bonds. The van der Waals surface area contributed by atoms with E-state index in [1.54, 1.807) is 0 Å². The summed E-state index contributed by atoms with van der Waals surface area (Å²) in [5.41, 5.74) is -0.234. The quantitative estimate of drug-likeness (QED) is 0.742. The number of hydrogen-bond donors (Lipinski definition) is 2. The predicted octanol–water partition coefficient (Wildman–Crippen LogP) is 1.54. The van der Waals surface area contributed by atoms with E-state index in [-0.39, 0.29) is 11.3 Å². The summed E-state index contributed by atoms with van der Waals surface area (Å²) < 4.78 is 0. The smallest absolute Gasteiger partial charge is 0.225 e. The minimum absolute atomic E-state index is 0.207. The van der Waals surface area contributed by atoms with Crippen molar-refractivity contribution < 1.29 is 4.79 Å². The normalized spacial score (nSPS) is 22.5. The van der Waals surface area contributed by atoms with Crippen LogP contribution in [0.2, 0.25) is 0 Å². The molecule has 0 bridgehead atoms. The first-order valence-electron chi connectivity index (χ1n) is 6.08. The first-order valence-corrected chi connectivity index (χ1v) is 6.08. The molecule has 0 aromatic carbocycles. The van der Waals surface area contributed by atoms with Crippen LogP contribution in [0.3, 0.4) is 0 Å². The number of nitrogens with one attached hydrogen (secondary N) is 2. The van der Waals surface area contributed by atoms with Gasteiger partial charge in [-0.15, -0.1) is 0 Å². The van der Waals surface area contributed by atoms with E-state index < -0.39 is 0 Å². The fraction of sp³-hybridized carbons (Fsp3) is 0.917. The molecule has 3 nitrogen and oxygen atoms in total. The highest BCUT2D eigenvalue weighted by Gasteiger charge is 2.36. The van der Waals surface area contributed by atoms with E-state index in [0.29, 0.717) is 5.92 Å². The highest BCUT2D eigenvalue weighted by molar-refractivity contribution is 5.82. The highest BCUT2D eigenvalue weighted by atomic mass is 16.2. The molecule has 0 aromatic heterocycles. The molecule has 2 N–H and O–H groups in total. The van der Waals surface area contributed by atoms with Crippen LogP contribution in [-0.2, 0) is 4.79 Å². The molecule has 1 aliphatic heterocycles. The molecule has 1 unspecified atom stereocenters. The number of carbonyl (C=O) groups excluding carboxylic acids is 1. The summed E-state index contributed by atoms with van der Waals surface area (Å²) in [6.07, 6.45) is 3.36. The highest BCUT2D eigenvalue weighted by Crippen LogP contribution is 2.31. The van der Waals surface area contributed by atoms with Crippen LogP contribution in [0.1, 0.15) is 40.0 Å². The minimum Gasteiger partial charge on any atom is -0.356 e. The lowest BCUT2D eigenvalue weighted by atomic mass is 9.74. The van der Waals surface area contributed by atoms with Gasteiger partial charge < -0.3 is 10.6 Å². The Morgan fingerprint density at radius 3 is 2.80 bits per heavy atom. The van der Waals surface area contributed by atoms with E-state index in [9.17, 15) is 4.79 Å². The van der Waals surface area contributed by atoms with Gasteiger partial charge in [0.1, 0.15) is 0 Å². The largest absolute Gasteiger partial charge is 0.356 e. The van der Waals surface area contributed by atoms with Crippen LogP contribution in [0.15, 0.2) is 0 Å². The van der Waals surface area contributed by atoms with Crippen molar-refractivity contribution >= 4 is 5.91 Å². The van der Waals surface area contributed by atoms with Crippen molar-refractivity contribution in [2.24, 2.45) is 11.3 Å². The third kappa shape index (κ3) is 3.20. The Morgan fingerprint density at radius 2 is 2.27 bits per heavy atom. The Labute approximate surface area is 93.0 Å². The van der Waals surface area contributed by atoms with E-state index in [2.05, 4.69) is 31.4 Å². The van der Waals surface area contributed by atoms with Crippen molar-refractivity contribution in [2.75, 3.05) is 19.6 Å². The predicted molar refractivity (Wildman–Crippen MR) is 62.7 cm³/mol. The maximum absolute atomic E-state index is 12.0. The molecular weight excluding hydrogens is 188 g/mol. The van der Waals surface area contributed by atoms with Gasteiger partial charge in [0.2, 0.25) is 5.91 Å². The number of rotatable bonds is 4. The number of hydrogen-bond acceptors (Lipinski definition) is 2. The van der Waals surface area contributed by atoms with Gasteiger partial charge in [0.25, 0.3) is 0 Å². The number of amides is 1. The zero-order chi connectivity index (χ0) is 11.3. The summed E-state index contributed by atoms with van der Waals surface area (Å²) >= 11 is 0. The fourth-order valence-corrected chi connectivity index (χ4v) is 2.12. The van der Waals surface area contributed by atoms with Crippen LogP contribution in [0, 0.1) is 11.3 Å². The van der Waals surface area contributed by atoms with Gasteiger partial charge in [0.05, 0.1) is 0 Å². The Balaban J connectivity index is 2.51. The molecule has 1 fully saturated rings. The molecule has 0 spiro atoms. The van der Waals surface area contributed by atoms with Crippen LogP contribution < -0.4 is 10.6 Å². The van der Waals surface area contributed by atoms with E-state index in [1.165, 1.54) is 12.8 Å². The standard InChI is InChI=1S/C12H24N2O/c1-4-7-14-11(15)12(2,3)10-6-5-8-13-9-10/h10,13H,4-9H2,1-3H3,(H,14,15). The Morgan fingerprint density at radius 1 is 1.53 bits per heavy atom. The molecule has 0 aromatic rings. The van der Waals surface area contributed by atoms with Crippen molar-refractivity contribution in [1.82, 2.24) is 10.6 Å². The van der Waals surface area contributed by atoms with Crippen molar-refractivity contribution in [3.8, 4) is 0 Å². The molecule has 1 heterocycles. The summed E-state index contributed by atoms with van der Waals surface area (Å²) in [5, 5.41) is 6.38. The summed E-state index contributed by atoms with van der Waals surface area (Å²) in [7, 11) is 0. The van der Waals surface area contributed by atoms with Crippen LogP contribution >= 0.6 is 0 Å². The number of carbonyl (C=O) groups is 1. The van der Waals surface area contributed by atoms with Crippen molar-refractivity contribution in [3.63, 3.8) is 0 Å². The molecule has 0 saturated carbocycles. The zero-order valence-corrected chi connectivity index (χ0v) is 10.2. The van der Waals surface area contributed by atoms with Crippen molar-refractivity contribution in [1.29, 1.82) is 0 Å². The van der Waals surface area contributed by atoms with Gasteiger partial charge in [-0.25, -0.2) is 0 Å². The Bertz CT molecular complexity index is 208. The number of piperidine rings is 1. The van der Waals surface area contributed by atoms with Crippen molar-refractivity contribution in [2.45, 2.75) is 40.0 Å². The third-order valence-electron chi connectivity index (χ3n) is 3.44. The average Bonchev–Trinajstić information content (AvgIpc) is 2.27. The molecule has 3 heteroatoms. The molecule has 1 saturated heterocycles. The summed E-state index contributed by atoms with van der Waals surface area (Å²) in [5.74, 6) is 0.682. The second-order valence-corrected chi connectivity index (χ2v) is 5.02. The minimum atomic E-state index is -0.234. The lowest BCUT2D eigenvalue weighted by molar-refractivity contribution is -0.132. The lowest BCUT2D eigenvalue weighted by Crippen LogP contribution is -2.47. The first-order chi connectivity index (χ1) is 7.09. The second-order valence-electron chi connectivity index (χ2n) is 5.02. The van der Waals surface area contributed by atoms with E-state index in [1.807, 2.05) is 0 Å². The molecule has 0 aliphatic carbocycles. The Hall–Kier alpha value is -0.570. The molecule has 15 heavy (non-hydrogen) atoms. The topological polar surface area (TPSA) is 41.1 Å². The summed E-state index contributed by atoms with van der Waals surface area (Å²) in [6.45, 7) is 9.08. The fourth-order valence-electron chi connectivity index (χ4n) is 2.12. The third-order valence-corrected chi connectivity index (χ3v) is 3.44. The Kier molecular flexibility index (Phi) is 4.58. The van der Waals surface area contributed by atoms with Gasteiger partial charge in [0, 0.05) is 12.0 Å². The van der Waals surface area contributed by atoms with Gasteiger partial charge in [-0.2, -0.15) is 0 Å². The summed E-state index contributed by atoms with van der Waals surface area (Å²) in [4.78, 5) is 12.0. The molecule has 1 aliphatic rings. The monoisotopic (exact) mass is 212 g/mol. The average molecular weight is 212 g/mol. The van der Waals surface area contributed by atoms with Crippen LogP contribution in [0.25, 0.3) is 0 Å². The van der Waals surface area contributed by atoms with E-state index in [4.69, 9.17) is 0 Å². The maximum Gasteiger partial charge on any atom is 0.225 e. The van der Waals surface area contributed by atoms with Gasteiger partial charge in [-0.3, -0.25) is 4.79 Å². The van der Waals surface area contributed by atoms with Crippen LogP contribution in [-0.4, -0.2) is 25.5 Å². The van der Waals surface area contributed by atoms with Gasteiger partial charge >= 0.3 is 0 Å². The van der Waals surface area contributed by atoms with Crippen LogP contribution in [0.5, 0.6) is 0 Å². The second kappa shape index (κ2) is 5.50. The molecule has 1 atom stereocenters. The van der Waals surface area contributed by atoms with E-state index >= 15 is 0 Å². The molecule has 88 valence electrons. The molecule has 0 radical (unpaired) electrons. The van der Waals surface area contributed by atoms with E-state index in [0.717, 1.165) is 26.1 Å². The van der Waals surface area contributed by atoms with Gasteiger partial charge in [0.15, 0.2) is 0 Å². The maximum atomic E-state index is 12.0. The van der Waals surface area contributed by atoms with Crippen molar-refractivity contribution in [3.05, 3.63) is 0 Å². The zero-order valence-electron chi connectivity index (χ0n) is 10.2. The lowest BCUT2D eigenvalue weighted by Gasteiger charge is -2.36. The van der Waals surface area contributed by atoms with Gasteiger partial charge in [-0.05, 0) is 38.3 Å². The van der Waals surface area contributed by atoms with Gasteiger partial charge in [-0.1, -0.05) is 20.8 Å².